The summed E-state index contributed by atoms with van der Waals surface area (Å²) in [4.78, 5) is 1.90. The van der Waals surface area contributed by atoms with Gasteiger partial charge in [0.1, 0.15) is 6.07 Å². The number of likely N-dealkylation sites (N-methyl/N-ethyl adjacent to an activating group) is 1. The second-order valence-electron chi connectivity index (χ2n) is 5.13. The molecule has 1 aromatic rings. The number of rotatable bonds is 3. The highest BCUT2D eigenvalue weighted by atomic mass is 19.4. The standard InChI is InChI=1S/C15H18F3N3/c1-2-21(13-4-3-7-20-10-13)14-8-12(15(16,17)18)6-5-11(14)9-19/h5-6,8,13,20H,2-4,7,10H2,1H3. The summed E-state index contributed by atoms with van der Waals surface area (Å²) in [5, 5.41) is 12.4. The number of nitriles is 1. The molecule has 2 rings (SSSR count). The summed E-state index contributed by atoms with van der Waals surface area (Å²) in [7, 11) is 0. The van der Waals surface area contributed by atoms with Crippen molar-refractivity contribution in [2.45, 2.75) is 32.0 Å². The van der Waals surface area contributed by atoms with Crippen LogP contribution >= 0.6 is 0 Å². The summed E-state index contributed by atoms with van der Waals surface area (Å²) in [6.45, 7) is 4.13. The van der Waals surface area contributed by atoms with Gasteiger partial charge in [0, 0.05) is 19.1 Å². The Morgan fingerprint density at radius 3 is 2.71 bits per heavy atom. The summed E-state index contributed by atoms with van der Waals surface area (Å²) in [6.07, 6.45) is -2.49. The lowest BCUT2D eigenvalue weighted by atomic mass is 10.0. The number of nitrogens with one attached hydrogen (secondary N) is 1. The van der Waals surface area contributed by atoms with E-state index in [0.29, 0.717) is 12.2 Å². The first-order valence-electron chi connectivity index (χ1n) is 7.06. The summed E-state index contributed by atoms with van der Waals surface area (Å²) >= 11 is 0. The van der Waals surface area contributed by atoms with Crippen molar-refractivity contribution in [1.82, 2.24) is 5.32 Å². The molecule has 0 aromatic heterocycles. The first kappa shape index (κ1) is 15.6. The lowest BCUT2D eigenvalue weighted by Gasteiger charge is -2.36. The van der Waals surface area contributed by atoms with Gasteiger partial charge in [-0.25, -0.2) is 0 Å². The SMILES string of the molecule is CCN(c1cc(C(F)(F)F)ccc1C#N)C1CCCNC1. The summed E-state index contributed by atoms with van der Waals surface area (Å²) in [5.41, 5.74) is -0.0438. The zero-order chi connectivity index (χ0) is 15.5. The molecule has 21 heavy (non-hydrogen) atoms. The topological polar surface area (TPSA) is 39.1 Å². The third kappa shape index (κ3) is 3.48. The zero-order valence-corrected chi connectivity index (χ0v) is 11.9. The van der Waals surface area contributed by atoms with Crippen LogP contribution in [0.5, 0.6) is 0 Å². The molecular weight excluding hydrogens is 279 g/mol. The third-order valence-corrected chi connectivity index (χ3v) is 3.81. The Balaban J connectivity index is 2.40. The molecule has 1 aromatic carbocycles. The van der Waals surface area contributed by atoms with Crippen LogP contribution in [0.4, 0.5) is 18.9 Å². The van der Waals surface area contributed by atoms with Crippen LogP contribution in [0.15, 0.2) is 18.2 Å². The zero-order valence-electron chi connectivity index (χ0n) is 11.9. The minimum Gasteiger partial charge on any atom is -0.366 e. The van der Waals surface area contributed by atoms with E-state index in [1.165, 1.54) is 6.07 Å². The van der Waals surface area contributed by atoms with E-state index in [4.69, 9.17) is 0 Å². The Labute approximate surface area is 122 Å². The van der Waals surface area contributed by atoms with E-state index in [2.05, 4.69) is 5.32 Å². The third-order valence-electron chi connectivity index (χ3n) is 3.81. The molecule has 3 nitrogen and oxygen atoms in total. The van der Waals surface area contributed by atoms with E-state index < -0.39 is 11.7 Å². The molecule has 1 atom stereocenters. The molecule has 1 unspecified atom stereocenters. The van der Waals surface area contributed by atoms with Gasteiger partial charge in [-0.2, -0.15) is 18.4 Å². The van der Waals surface area contributed by atoms with E-state index >= 15 is 0 Å². The van der Waals surface area contributed by atoms with Crippen LogP contribution in [0, 0.1) is 11.3 Å². The smallest absolute Gasteiger partial charge is 0.366 e. The van der Waals surface area contributed by atoms with Crippen LogP contribution in [0.2, 0.25) is 0 Å². The highest BCUT2D eigenvalue weighted by Crippen LogP contribution is 2.34. The van der Waals surface area contributed by atoms with Crippen molar-refractivity contribution in [1.29, 1.82) is 5.26 Å². The summed E-state index contributed by atoms with van der Waals surface area (Å²) in [5.74, 6) is 0. The molecule has 114 valence electrons. The molecule has 0 aliphatic carbocycles. The molecule has 0 bridgehead atoms. The number of halogens is 3. The van der Waals surface area contributed by atoms with Gasteiger partial charge in [0.15, 0.2) is 0 Å². The molecule has 6 heteroatoms. The minimum absolute atomic E-state index is 0.124. The molecule has 1 N–H and O–H groups in total. The monoisotopic (exact) mass is 297 g/mol. The highest BCUT2D eigenvalue weighted by Gasteiger charge is 2.32. The number of alkyl halides is 3. The van der Waals surface area contributed by atoms with E-state index in [1.807, 2.05) is 17.9 Å². The Kier molecular flexibility index (Phi) is 4.73. The van der Waals surface area contributed by atoms with Gasteiger partial charge in [0.25, 0.3) is 0 Å². The molecule has 1 saturated heterocycles. The van der Waals surface area contributed by atoms with Gasteiger partial charge in [0.05, 0.1) is 16.8 Å². The van der Waals surface area contributed by atoms with Gasteiger partial charge in [-0.1, -0.05) is 0 Å². The molecule has 0 radical (unpaired) electrons. The highest BCUT2D eigenvalue weighted by molar-refractivity contribution is 5.61. The predicted molar refractivity (Wildman–Crippen MR) is 75.1 cm³/mol. The van der Waals surface area contributed by atoms with Crippen LogP contribution in [-0.4, -0.2) is 25.7 Å². The number of benzene rings is 1. The minimum atomic E-state index is -4.40. The van der Waals surface area contributed by atoms with Crippen molar-refractivity contribution < 1.29 is 13.2 Å². The molecule has 1 aliphatic heterocycles. The Hall–Kier alpha value is -1.74. The van der Waals surface area contributed by atoms with E-state index in [1.54, 1.807) is 0 Å². The molecule has 0 amide bonds. The van der Waals surface area contributed by atoms with E-state index in [-0.39, 0.29) is 11.6 Å². The van der Waals surface area contributed by atoms with Gasteiger partial charge in [0.2, 0.25) is 0 Å². The summed E-state index contributed by atoms with van der Waals surface area (Å²) < 4.78 is 38.7. The maximum atomic E-state index is 12.9. The molecule has 1 aliphatic rings. The average molecular weight is 297 g/mol. The van der Waals surface area contributed by atoms with Crippen LogP contribution in [-0.2, 0) is 6.18 Å². The lowest BCUT2D eigenvalue weighted by Crippen LogP contribution is -2.46. The maximum Gasteiger partial charge on any atom is 0.416 e. The molecule has 1 heterocycles. The van der Waals surface area contributed by atoms with Crippen LogP contribution in [0.1, 0.15) is 30.9 Å². The van der Waals surface area contributed by atoms with Gasteiger partial charge < -0.3 is 10.2 Å². The quantitative estimate of drug-likeness (QED) is 0.931. The van der Waals surface area contributed by atoms with Gasteiger partial charge in [-0.15, -0.1) is 0 Å². The fourth-order valence-corrected chi connectivity index (χ4v) is 2.76. The second-order valence-corrected chi connectivity index (χ2v) is 5.13. The number of piperidine rings is 1. The maximum absolute atomic E-state index is 12.9. The van der Waals surface area contributed by atoms with Crippen molar-refractivity contribution in [2.75, 3.05) is 24.5 Å². The number of hydrogen-bond acceptors (Lipinski definition) is 3. The van der Waals surface area contributed by atoms with Crippen LogP contribution in [0.25, 0.3) is 0 Å². The van der Waals surface area contributed by atoms with E-state index in [9.17, 15) is 18.4 Å². The Morgan fingerprint density at radius 2 is 2.19 bits per heavy atom. The van der Waals surface area contributed by atoms with Crippen LogP contribution in [0.3, 0.4) is 0 Å². The van der Waals surface area contributed by atoms with Crippen molar-refractivity contribution in [3.63, 3.8) is 0 Å². The predicted octanol–water partition coefficient (Wildman–Crippen LogP) is 3.16. The summed E-state index contributed by atoms with van der Waals surface area (Å²) in [6, 6.07) is 5.45. The van der Waals surface area contributed by atoms with Crippen molar-refractivity contribution in [3.8, 4) is 6.07 Å². The molecule has 0 spiro atoms. The van der Waals surface area contributed by atoms with Crippen LogP contribution < -0.4 is 10.2 Å². The van der Waals surface area contributed by atoms with Crippen molar-refractivity contribution >= 4 is 5.69 Å². The Morgan fingerprint density at radius 1 is 1.43 bits per heavy atom. The lowest BCUT2D eigenvalue weighted by molar-refractivity contribution is -0.137. The average Bonchev–Trinajstić information content (AvgIpc) is 2.48. The number of hydrogen-bond donors (Lipinski definition) is 1. The van der Waals surface area contributed by atoms with Crippen molar-refractivity contribution in [3.05, 3.63) is 29.3 Å². The molecule has 1 fully saturated rings. The Bertz CT molecular complexity index is 528. The number of anilines is 1. The largest absolute Gasteiger partial charge is 0.416 e. The fraction of sp³-hybridized carbons (Fsp3) is 0.533. The second kappa shape index (κ2) is 6.35. The van der Waals surface area contributed by atoms with Crippen molar-refractivity contribution in [2.24, 2.45) is 0 Å². The first-order valence-corrected chi connectivity index (χ1v) is 7.06. The molecule has 0 saturated carbocycles. The van der Waals surface area contributed by atoms with Gasteiger partial charge >= 0.3 is 6.18 Å². The normalized spacial score (nSPS) is 19.1. The molecular formula is C15H18F3N3. The first-order chi connectivity index (χ1) is 9.97. The van der Waals surface area contributed by atoms with Gasteiger partial charge in [-0.3, -0.25) is 0 Å². The number of nitrogens with zero attached hydrogens (tertiary/aromatic N) is 2. The fourth-order valence-electron chi connectivity index (χ4n) is 2.76. The van der Waals surface area contributed by atoms with Gasteiger partial charge in [-0.05, 0) is 44.5 Å². The van der Waals surface area contributed by atoms with E-state index in [0.717, 1.165) is 38.1 Å².